The van der Waals surface area contributed by atoms with Crippen LogP contribution in [0.15, 0.2) is 47.2 Å². The summed E-state index contributed by atoms with van der Waals surface area (Å²) in [7, 11) is 0. The molecule has 0 bridgehead atoms. The Bertz CT molecular complexity index is 1100. The second-order valence-electron chi connectivity index (χ2n) is 8.62. The van der Waals surface area contributed by atoms with Gasteiger partial charge in [0.05, 0.1) is 23.4 Å². The summed E-state index contributed by atoms with van der Waals surface area (Å²) in [5.74, 6) is -2.03. The Kier molecular flexibility index (Phi) is 5.49. The van der Waals surface area contributed by atoms with Gasteiger partial charge in [-0.05, 0) is 44.0 Å². The minimum Gasteiger partial charge on any atom is -0.444 e. The molecule has 1 aromatic rings. The molecule has 7 nitrogen and oxygen atoms in total. The molecule has 2 N–H and O–H groups in total. The van der Waals surface area contributed by atoms with Crippen molar-refractivity contribution in [2.45, 2.75) is 32.3 Å². The Hall–Kier alpha value is -3.83. The number of ether oxygens (including phenoxy) is 1. The Morgan fingerprint density at radius 1 is 1.29 bits per heavy atom. The summed E-state index contributed by atoms with van der Waals surface area (Å²) in [6.07, 6.45) is 1.13. The van der Waals surface area contributed by atoms with Crippen molar-refractivity contribution in [2.24, 2.45) is 17.1 Å². The van der Waals surface area contributed by atoms with E-state index in [4.69, 9.17) is 10.5 Å². The summed E-state index contributed by atoms with van der Waals surface area (Å²) in [5, 5.41) is 29.8. The molecule has 1 heterocycles. The third kappa shape index (κ3) is 3.71. The van der Waals surface area contributed by atoms with E-state index in [0.29, 0.717) is 11.1 Å². The van der Waals surface area contributed by atoms with Crippen molar-refractivity contribution in [1.29, 1.82) is 15.8 Å². The van der Waals surface area contributed by atoms with E-state index < -0.39 is 34.8 Å². The number of nitrogens with two attached hydrogens (primary N) is 1. The number of halogens is 1. The largest absolute Gasteiger partial charge is 0.444 e. The smallest absolute Gasteiger partial charge is 0.410 e. The van der Waals surface area contributed by atoms with Gasteiger partial charge >= 0.3 is 6.09 Å². The van der Waals surface area contributed by atoms with Crippen LogP contribution in [-0.2, 0) is 4.74 Å². The third-order valence-electron chi connectivity index (χ3n) is 5.52. The van der Waals surface area contributed by atoms with Crippen molar-refractivity contribution in [3.05, 3.63) is 58.6 Å². The lowest BCUT2D eigenvalue weighted by molar-refractivity contribution is 0.0224. The number of hydrogen-bond donors (Lipinski definition) is 1. The van der Waals surface area contributed by atoms with Gasteiger partial charge in [-0.1, -0.05) is 18.2 Å². The standard InChI is InChI=1S/C23H22FN5O2/c1-22(2,3)31-21(30)29-8-7-16-17(10-25)20(28)23(12-26,13-27)19(18(16)11-29)14-5-4-6-15(24)9-14/h4-7,9,18-19H,8,11,28H2,1-3H3. The van der Waals surface area contributed by atoms with Crippen LogP contribution in [0.2, 0.25) is 0 Å². The molecule has 158 valence electrons. The van der Waals surface area contributed by atoms with Crippen LogP contribution >= 0.6 is 0 Å². The molecule has 0 radical (unpaired) electrons. The fourth-order valence-electron chi connectivity index (χ4n) is 4.23. The van der Waals surface area contributed by atoms with Gasteiger partial charge < -0.3 is 15.4 Å². The van der Waals surface area contributed by atoms with Crippen molar-refractivity contribution in [3.63, 3.8) is 0 Å². The number of rotatable bonds is 1. The van der Waals surface area contributed by atoms with E-state index in [9.17, 15) is 25.0 Å². The Morgan fingerprint density at radius 3 is 2.52 bits per heavy atom. The van der Waals surface area contributed by atoms with E-state index in [0.717, 1.165) is 0 Å². The topological polar surface area (TPSA) is 127 Å². The van der Waals surface area contributed by atoms with Crippen LogP contribution in [0.3, 0.4) is 0 Å². The molecule has 0 spiro atoms. The number of nitrogens with zero attached hydrogens (tertiary/aromatic N) is 4. The molecular formula is C23H22FN5O2. The van der Waals surface area contributed by atoms with Gasteiger partial charge in [-0.25, -0.2) is 9.18 Å². The molecule has 0 saturated heterocycles. The van der Waals surface area contributed by atoms with E-state index in [1.165, 1.54) is 23.1 Å². The second kappa shape index (κ2) is 7.78. The van der Waals surface area contributed by atoms with Crippen molar-refractivity contribution < 1.29 is 13.9 Å². The number of hydrogen-bond acceptors (Lipinski definition) is 6. The van der Waals surface area contributed by atoms with Gasteiger partial charge in [-0.3, -0.25) is 0 Å². The predicted molar refractivity (Wildman–Crippen MR) is 109 cm³/mol. The lowest BCUT2D eigenvalue weighted by Crippen LogP contribution is -2.50. The van der Waals surface area contributed by atoms with Crippen LogP contribution in [0.25, 0.3) is 0 Å². The summed E-state index contributed by atoms with van der Waals surface area (Å²) in [4.78, 5) is 14.1. The molecule has 8 heteroatoms. The van der Waals surface area contributed by atoms with E-state index in [-0.39, 0.29) is 24.4 Å². The predicted octanol–water partition coefficient (Wildman–Crippen LogP) is 3.49. The molecule has 2 aliphatic rings. The Balaban J connectivity index is 2.19. The maximum absolute atomic E-state index is 14.1. The van der Waals surface area contributed by atoms with Crippen LogP contribution in [-0.4, -0.2) is 29.7 Å². The highest BCUT2D eigenvalue weighted by Crippen LogP contribution is 2.54. The zero-order valence-corrected chi connectivity index (χ0v) is 17.5. The first-order valence-electron chi connectivity index (χ1n) is 9.74. The number of allylic oxidation sites excluding steroid dienone is 2. The third-order valence-corrected chi connectivity index (χ3v) is 5.52. The molecular weight excluding hydrogens is 397 g/mol. The van der Waals surface area contributed by atoms with Crippen molar-refractivity contribution in [2.75, 3.05) is 13.1 Å². The molecule has 31 heavy (non-hydrogen) atoms. The van der Waals surface area contributed by atoms with Gasteiger partial charge in [-0.15, -0.1) is 0 Å². The highest BCUT2D eigenvalue weighted by Gasteiger charge is 2.55. The number of carbonyl (C=O) groups is 1. The fourth-order valence-corrected chi connectivity index (χ4v) is 4.23. The van der Waals surface area contributed by atoms with Crippen molar-refractivity contribution >= 4 is 6.09 Å². The number of benzene rings is 1. The second-order valence-corrected chi connectivity index (χ2v) is 8.62. The Labute approximate surface area is 180 Å². The van der Waals surface area contributed by atoms with Crippen LogP contribution < -0.4 is 5.73 Å². The summed E-state index contributed by atoms with van der Waals surface area (Å²) in [6, 6.07) is 11.6. The molecule has 1 aliphatic carbocycles. The molecule has 1 amide bonds. The first-order valence-corrected chi connectivity index (χ1v) is 9.74. The zero-order valence-electron chi connectivity index (χ0n) is 17.5. The maximum atomic E-state index is 14.1. The average molecular weight is 419 g/mol. The van der Waals surface area contributed by atoms with E-state index in [1.54, 1.807) is 32.9 Å². The first kappa shape index (κ1) is 21.9. The fraction of sp³-hybridized carbons (Fsp3) is 0.391. The van der Waals surface area contributed by atoms with Crippen molar-refractivity contribution in [3.8, 4) is 18.2 Å². The number of amides is 1. The van der Waals surface area contributed by atoms with Crippen LogP contribution in [0.5, 0.6) is 0 Å². The highest BCUT2D eigenvalue weighted by atomic mass is 19.1. The van der Waals surface area contributed by atoms with Crippen LogP contribution in [0.1, 0.15) is 32.3 Å². The SMILES string of the molecule is CC(C)(C)OC(=O)N1CC=C2C(C#N)=C(N)C(C#N)(C#N)C(c3cccc(F)c3)C2C1. The number of nitriles is 3. The monoisotopic (exact) mass is 419 g/mol. The minimum absolute atomic E-state index is 0.0598. The van der Waals surface area contributed by atoms with Gasteiger partial charge in [-0.2, -0.15) is 15.8 Å². The van der Waals surface area contributed by atoms with E-state index in [1.807, 2.05) is 18.2 Å². The summed E-state index contributed by atoms with van der Waals surface area (Å²) >= 11 is 0. The normalized spacial score (nSPS) is 22.4. The number of fused-ring (bicyclic) bond motifs is 1. The lowest BCUT2D eigenvalue weighted by Gasteiger charge is -2.45. The van der Waals surface area contributed by atoms with Crippen molar-refractivity contribution in [1.82, 2.24) is 4.90 Å². The molecule has 0 fully saturated rings. The van der Waals surface area contributed by atoms with Crippen LogP contribution in [0, 0.1) is 51.1 Å². The average Bonchev–Trinajstić information content (AvgIpc) is 2.71. The molecule has 1 aliphatic heterocycles. The molecule has 2 atom stereocenters. The van der Waals surface area contributed by atoms with Crippen LogP contribution in [0.4, 0.5) is 9.18 Å². The van der Waals surface area contributed by atoms with E-state index in [2.05, 4.69) is 0 Å². The molecule has 0 aromatic heterocycles. The van der Waals surface area contributed by atoms with E-state index >= 15 is 0 Å². The van der Waals surface area contributed by atoms with Gasteiger partial charge in [0, 0.05) is 24.9 Å². The minimum atomic E-state index is -1.89. The summed E-state index contributed by atoms with van der Waals surface area (Å²) < 4.78 is 19.5. The number of carbonyl (C=O) groups excluding carboxylic acids is 1. The van der Waals surface area contributed by atoms with Gasteiger partial charge in [0.1, 0.15) is 17.5 Å². The molecule has 2 unspecified atom stereocenters. The molecule has 3 rings (SSSR count). The first-order chi connectivity index (χ1) is 14.6. The molecule has 1 aromatic carbocycles. The Morgan fingerprint density at radius 2 is 1.97 bits per heavy atom. The lowest BCUT2D eigenvalue weighted by atomic mass is 9.58. The summed E-state index contributed by atoms with van der Waals surface area (Å²) in [6.45, 7) is 5.52. The van der Waals surface area contributed by atoms with Gasteiger partial charge in [0.15, 0.2) is 5.41 Å². The quantitative estimate of drug-likeness (QED) is 0.742. The van der Waals surface area contributed by atoms with Gasteiger partial charge in [0.2, 0.25) is 0 Å². The highest BCUT2D eigenvalue weighted by molar-refractivity contribution is 5.70. The zero-order chi connectivity index (χ0) is 23.0. The van der Waals surface area contributed by atoms with Gasteiger partial charge in [0.25, 0.3) is 0 Å². The maximum Gasteiger partial charge on any atom is 0.410 e. The molecule has 0 saturated carbocycles. The summed E-state index contributed by atoms with van der Waals surface area (Å²) in [5.41, 5.74) is 4.47.